The molecule has 196 valence electrons. The highest BCUT2D eigenvalue weighted by Gasteiger charge is 2.76. The van der Waals surface area contributed by atoms with Gasteiger partial charge in [-0.15, -0.1) is 13.2 Å². The minimum atomic E-state index is -1.07. The Bertz CT molecular complexity index is 823. The standard InChI is InChI=1S/C26H40BrN3O5/c1-5-9-14-29(13-8-4)25(34)22-26-17-18(27)21(35-26)19(23(32)28(11-6-2)12-7-3)20(26)24(33)30(22)15-10-16-31/h6,8,18-22,31H,2,4-5,7,9-17H2,1,3H3/t18?,19-,20+,21-,22?,26?/m1/s1. The van der Waals surface area contributed by atoms with Crippen molar-refractivity contribution in [3.8, 4) is 0 Å². The van der Waals surface area contributed by atoms with Gasteiger partial charge in [0.15, 0.2) is 0 Å². The molecule has 0 aromatic rings. The monoisotopic (exact) mass is 553 g/mol. The van der Waals surface area contributed by atoms with Crippen molar-refractivity contribution in [2.75, 3.05) is 39.3 Å². The number of aliphatic hydroxyl groups excluding tert-OH is 1. The molecule has 3 rings (SSSR count). The fraction of sp³-hybridized carbons (Fsp3) is 0.731. The summed E-state index contributed by atoms with van der Waals surface area (Å²) in [6, 6.07) is -0.828. The van der Waals surface area contributed by atoms with Crippen LogP contribution >= 0.6 is 15.9 Å². The molecular formula is C26H40BrN3O5. The number of alkyl halides is 1. The maximum Gasteiger partial charge on any atom is 0.248 e. The lowest BCUT2D eigenvalue weighted by Crippen LogP contribution is -2.57. The third-order valence-corrected chi connectivity index (χ3v) is 8.31. The first-order chi connectivity index (χ1) is 16.8. The van der Waals surface area contributed by atoms with E-state index in [1.807, 2.05) is 6.92 Å². The summed E-state index contributed by atoms with van der Waals surface area (Å²) >= 11 is 3.71. The van der Waals surface area contributed by atoms with Crippen molar-refractivity contribution in [1.82, 2.24) is 14.7 Å². The Morgan fingerprint density at radius 3 is 2.37 bits per heavy atom. The van der Waals surface area contributed by atoms with Crippen molar-refractivity contribution in [1.29, 1.82) is 0 Å². The van der Waals surface area contributed by atoms with Gasteiger partial charge in [0.05, 0.1) is 17.9 Å². The molecule has 3 fully saturated rings. The number of rotatable bonds is 14. The smallest absolute Gasteiger partial charge is 0.248 e. The molecule has 0 aromatic carbocycles. The van der Waals surface area contributed by atoms with Gasteiger partial charge in [-0.2, -0.15) is 0 Å². The molecule has 0 aliphatic carbocycles. The van der Waals surface area contributed by atoms with Gasteiger partial charge in [0.1, 0.15) is 11.6 Å². The minimum absolute atomic E-state index is 0.0922. The van der Waals surface area contributed by atoms with E-state index in [2.05, 4.69) is 36.0 Å². The zero-order valence-corrected chi connectivity index (χ0v) is 22.6. The van der Waals surface area contributed by atoms with Crippen LogP contribution < -0.4 is 0 Å². The van der Waals surface area contributed by atoms with E-state index in [0.29, 0.717) is 39.0 Å². The molecule has 0 saturated carbocycles. The molecule has 1 N–H and O–H groups in total. The molecule has 0 radical (unpaired) electrons. The van der Waals surface area contributed by atoms with Crippen molar-refractivity contribution < 1.29 is 24.2 Å². The topological polar surface area (TPSA) is 90.4 Å². The zero-order valence-electron chi connectivity index (χ0n) is 21.0. The fourth-order valence-electron chi connectivity index (χ4n) is 6.07. The van der Waals surface area contributed by atoms with E-state index in [1.54, 1.807) is 26.9 Å². The second-order valence-corrected chi connectivity index (χ2v) is 10.9. The molecule has 0 aromatic heterocycles. The van der Waals surface area contributed by atoms with Crippen LogP contribution in [0.5, 0.6) is 0 Å². The van der Waals surface area contributed by atoms with Crippen LogP contribution in [-0.2, 0) is 19.1 Å². The number of ether oxygens (including phenoxy) is 1. The predicted molar refractivity (Wildman–Crippen MR) is 138 cm³/mol. The van der Waals surface area contributed by atoms with Crippen LogP contribution in [-0.4, -0.2) is 99.4 Å². The van der Waals surface area contributed by atoms with E-state index in [-0.39, 0.29) is 35.7 Å². The lowest BCUT2D eigenvalue weighted by Gasteiger charge is -2.37. The Kier molecular flexibility index (Phi) is 9.57. The van der Waals surface area contributed by atoms with Crippen LogP contribution in [0.1, 0.15) is 46.0 Å². The first-order valence-corrected chi connectivity index (χ1v) is 13.8. The third-order valence-electron chi connectivity index (χ3n) is 7.46. The number of nitrogens with zero attached hydrogens (tertiary/aromatic N) is 3. The van der Waals surface area contributed by atoms with Gasteiger partial charge in [0.2, 0.25) is 17.7 Å². The van der Waals surface area contributed by atoms with Gasteiger partial charge < -0.3 is 24.5 Å². The Hall–Kier alpha value is -1.71. The van der Waals surface area contributed by atoms with E-state index in [4.69, 9.17) is 4.74 Å². The number of amides is 3. The summed E-state index contributed by atoms with van der Waals surface area (Å²) in [6.45, 7) is 13.7. The molecule has 9 heteroatoms. The summed E-state index contributed by atoms with van der Waals surface area (Å²) < 4.78 is 6.56. The largest absolute Gasteiger partial charge is 0.396 e. The van der Waals surface area contributed by atoms with Gasteiger partial charge in [0, 0.05) is 44.2 Å². The summed E-state index contributed by atoms with van der Waals surface area (Å²) in [7, 11) is 0. The molecule has 3 aliphatic rings. The van der Waals surface area contributed by atoms with Crippen molar-refractivity contribution in [3.05, 3.63) is 25.3 Å². The first kappa shape index (κ1) is 27.9. The van der Waals surface area contributed by atoms with Gasteiger partial charge in [-0.3, -0.25) is 14.4 Å². The summed E-state index contributed by atoms with van der Waals surface area (Å²) in [5.41, 5.74) is -1.07. The average Bonchev–Trinajstić information content (AvgIpc) is 3.42. The number of fused-ring (bicyclic) bond motifs is 1. The molecule has 2 bridgehead atoms. The molecular weight excluding hydrogens is 514 g/mol. The highest BCUT2D eigenvalue weighted by atomic mass is 79.9. The predicted octanol–water partition coefficient (Wildman–Crippen LogP) is 2.36. The molecule has 3 saturated heterocycles. The second-order valence-electron chi connectivity index (χ2n) is 9.77. The van der Waals surface area contributed by atoms with E-state index >= 15 is 0 Å². The third kappa shape index (κ3) is 4.96. The van der Waals surface area contributed by atoms with Gasteiger partial charge in [-0.25, -0.2) is 0 Å². The van der Waals surface area contributed by atoms with Crippen molar-refractivity contribution in [3.63, 3.8) is 0 Å². The fourth-order valence-corrected chi connectivity index (χ4v) is 7.01. The van der Waals surface area contributed by atoms with Crippen LogP contribution in [0.3, 0.4) is 0 Å². The van der Waals surface area contributed by atoms with Gasteiger partial charge >= 0.3 is 0 Å². The summed E-state index contributed by atoms with van der Waals surface area (Å²) in [6.07, 6.45) is 6.31. The SMILES string of the molecule is C=CCN(CCCC)C(=O)C1N(CCCO)C(=O)[C@@H]2[C@@H](C(=O)N(CC=C)CCC)[C@@H]3OC12CC3Br. The van der Waals surface area contributed by atoms with Crippen LogP contribution in [0.4, 0.5) is 0 Å². The number of halogens is 1. The van der Waals surface area contributed by atoms with Gasteiger partial charge in [0.25, 0.3) is 0 Å². The highest BCUT2D eigenvalue weighted by molar-refractivity contribution is 9.09. The van der Waals surface area contributed by atoms with E-state index < -0.39 is 29.6 Å². The van der Waals surface area contributed by atoms with E-state index in [1.165, 1.54) is 0 Å². The molecule has 35 heavy (non-hydrogen) atoms. The Morgan fingerprint density at radius 1 is 1.14 bits per heavy atom. The molecule has 1 spiro atoms. The van der Waals surface area contributed by atoms with Crippen LogP contribution in [0.15, 0.2) is 25.3 Å². The number of carbonyl (C=O) groups excluding carboxylic acids is 3. The van der Waals surface area contributed by atoms with Crippen molar-refractivity contribution in [2.24, 2.45) is 11.8 Å². The van der Waals surface area contributed by atoms with Crippen LogP contribution in [0.2, 0.25) is 0 Å². The lowest BCUT2D eigenvalue weighted by atomic mass is 9.70. The normalized spacial score (nSPS) is 30.9. The van der Waals surface area contributed by atoms with E-state index in [0.717, 1.165) is 19.3 Å². The molecule has 6 atom stereocenters. The Morgan fingerprint density at radius 2 is 1.80 bits per heavy atom. The summed E-state index contributed by atoms with van der Waals surface area (Å²) in [5, 5.41) is 9.50. The molecule has 3 heterocycles. The second kappa shape index (κ2) is 12.0. The number of unbranched alkanes of at least 4 members (excludes halogenated alkanes) is 1. The van der Waals surface area contributed by atoms with Crippen molar-refractivity contribution >= 4 is 33.7 Å². The lowest BCUT2D eigenvalue weighted by molar-refractivity contribution is -0.148. The van der Waals surface area contributed by atoms with Crippen LogP contribution in [0.25, 0.3) is 0 Å². The maximum atomic E-state index is 14.0. The quantitative estimate of drug-likeness (QED) is 0.263. The van der Waals surface area contributed by atoms with Gasteiger partial charge in [-0.05, 0) is 25.7 Å². The minimum Gasteiger partial charge on any atom is -0.396 e. The molecule has 3 unspecified atom stereocenters. The van der Waals surface area contributed by atoms with Crippen LogP contribution in [0, 0.1) is 11.8 Å². The molecule has 3 amide bonds. The number of hydrogen-bond donors (Lipinski definition) is 1. The van der Waals surface area contributed by atoms with Crippen molar-refractivity contribution in [2.45, 2.75) is 68.5 Å². The first-order valence-electron chi connectivity index (χ1n) is 12.8. The van der Waals surface area contributed by atoms with Gasteiger partial charge in [-0.1, -0.05) is 48.4 Å². The number of aliphatic hydroxyl groups is 1. The summed E-state index contributed by atoms with van der Waals surface area (Å²) in [4.78, 5) is 46.6. The number of hydrogen-bond acceptors (Lipinski definition) is 5. The Balaban J connectivity index is 2.03. The molecule has 3 aliphatic heterocycles. The van der Waals surface area contributed by atoms with E-state index in [9.17, 15) is 19.5 Å². The highest BCUT2D eigenvalue weighted by Crippen LogP contribution is 2.60. The zero-order chi connectivity index (χ0) is 25.8. The summed E-state index contributed by atoms with van der Waals surface area (Å²) in [5.74, 6) is -1.89. The average molecular weight is 555 g/mol. The Labute approximate surface area is 217 Å². The number of carbonyl (C=O) groups is 3. The molecule has 8 nitrogen and oxygen atoms in total. The number of likely N-dealkylation sites (tertiary alicyclic amines) is 1. The maximum absolute atomic E-state index is 14.0.